The molecule has 0 saturated carbocycles. The summed E-state index contributed by atoms with van der Waals surface area (Å²) in [6.07, 6.45) is 3.90. The Kier molecular flexibility index (Phi) is 5.41. The molecule has 0 amide bonds. The average Bonchev–Trinajstić information content (AvgIpc) is 2.56. The third-order valence-corrected chi connectivity index (χ3v) is 3.34. The summed E-state index contributed by atoms with van der Waals surface area (Å²) in [6.45, 7) is 6.05. The normalized spacial score (nSPS) is 10.0. The van der Waals surface area contributed by atoms with Gasteiger partial charge in [-0.2, -0.15) is 0 Å². The second-order valence-electron chi connectivity index (χ2n) is 5.06. The fourth-order valence-electron chi connectivity index (χ4n) is 2.31. The maximum atomic E-state index is 11.0. The van der Waals surface area contributed by atoms with Gasteiger partial charge in [0, 0.05) is 29.9 Å². The van der Waals surface area contributed by atoms with Crippen LogP contribution in [0.4, 0.5) is 0 Å². The molecule has 23 heavy (non-hydrogen) atoms. The number of carboxylic acids is 1. The first kappa shape index (κ1) is 16.6. The molecule has 118 valence electrons. The van der Waals surface area contributed by atoms with Crippen LogP contribution >= 0.6 is 0 Å². The summed E-state index contributed by atoms with van der Waals surface area (Å²) in [5.74, 6) is -0.939. The zero-order chi connectivity index (χ0) is 16.8. The van der Waals surface area contributed by atoms with Crippen molar-refractivity contribution in [1.29, 1.82) is 0 Å². The molecular formula is C19H20N2O2. The lowest BCUT2D eigenvalue weighted by atomic mass is 10.1. The number of fused-ring (bicyclic) bond motifs is 1. The smallest absolute Gasteiger partial charge is 0.335 e. The van der Waals surface area contributed by atoms with Gasteiger partial charge in [-0.15, -0.1) is 0 Å². The summed E-state index contributed by atoms with van der Waals surface area (Å²) in [5, 5.41) is 10.1. The molecule has 3 aromatic rings. The molecule has 0 bridgehead atoms. The Morgan fingerprint density at radius 3 is 2.61 bits per heavy atom. The first-order valence-corrected chi connectivity index (χ1v) is 7.65. The summed E-state index contributed by atoms with van der Waals surface area (Å²) in [7, 11) is 0. The molecule has 0 aliphatic heterocycles. The lowest BCUT2D eigenvalue weighted by molar-refractivity contribution is 0.0696. The number of pyridine rings is 2. The van der Waals surface area contributed by atoms with E-state index in [1.54, 1.807) is 6.07 Å². The monoisotopic (exact) mass is 308 g/mol. The Morgan fingerprint density at radius 2 is 1.87 bits per heavy atom. The van der Waals surface area contributed by atoms with Crippen LogP contribution in [0.15, 0.2) is 48.8 Å². The number of nitrogens with zero attached hydrogens (tertiary/aromatic N) is 2. The van der Waals surface area contributed by atoms with E-state index in [0.717, 1.165) is 22.2 Å². The topological polar surface area (TPSA) is 63.1 Å². The van der Waals surface area contributed by atoms with E-state index in [9.17, 15) is 4.79 Å². The van der Waals surface area contributed by atoms with Gasteiger partial charge in [-0.3, -0.25) is 9.97 Å². The van der Waals surface area contributed by atoms with Crippen molar-refractivity contribution in [2.45, 2.75) is 27.2 Å². The Hall–Kier alpha value is -2.75. The van der Waals surface area contributed by atoms with E-state index in [-0.39, 0.29) is 5.56 Å². The Morgan fingerprint density at radius 1 is 1.09 bits per heavy atom. The molecule has 3 rings (SSSR count). The fraction of sp³-hybridized carbons (Fsp3) is 0.211. The molecule has 0 radical (unpaired) electrons. The summed E-state index contributed by atoms with van der Waals surface area (Å²) in [4.78, 5) is 19.6. The second-order valence-corrected chi connectivity index (χ2v) is 5.06. The van der Waals surface area contributed by atoms with Crippen LogP contribution in [0.1, 0.15) is 41.0 Å². The van der Waals surface area contributed by atoms with Crippen LogP contribution in [0.5, 0.6) is 0 Å². The standard InChI is InChI=1S/C17H14N2O2.C2H6/c1-11-2-3-16-14(6-11)7-12(10-19-16)8-15-9-13(17(20)21)4-5-18-15;1-2/h2-7,9-10H,8H2,1H3,(H,20,21);1-2H3. The van der Waals surface area contributed by atoms with Gasteiger partial charge < -0.3 is 5.11 Å². The van der Waals surface area contributed by atoms with Gasteiger partial charge in [-0.05, 0) is 42.8 Å². The SMILES string of the molecule is CC.Cc1ccc2ncc(Cc3cc(C(=O)O)ccn3)cc2c1. The lowest BCUT2D eigenvalue weighted by Crippen LogP contribution is -2.00. The zero-order valence-corrected chi connectivity index (χ0v) is 13.6. The molecule has 0 spiro atoms. The fourth-order valence-corrected chi connectivity index (χ4v) is 2.31. The van der Waals surface area contributed by atoms with Gasteiger partial charge in [0.05, 0.1) is 11.1 Å². The molecule has 0 unspecified atom stereocenters. The average molecular weight is 308 g/mol. The van der Waals surface area contributed by atoms with Crippen molar-refractivity contribution < 1.29 is 9.90 Å². The highest BCUT2D eigenvalue weighted by Gasteiger charge is 2.06. The van der Waals surface area contributed by atoms with E-state index < -0.39 is 5.97 Å². The maximum Gasteiger partial charge on any atom is 0.335 e. The highest BCUT2D eigenvalue weighted by molar-refractivity contribution is 5.87. The number of rotatable bonds is 3. The van der Waals surface area contributed by atoms with Crippen LogP contribution in [0.2, 0.25) is 0 Å². The number of hydrogen-bond acceptors (Lipinski definition) is 3. The number of carbonyl (C=O) groups is 1. The molecule has 2 heterocycles. The van der Waals surface area contributed by atoms with E-state index in [1.807, 2.05) is 39.1 Å². The molecule has 4 heteroatoms. The Labute approximate surface area is 135 Å². The Bertz CT molecular complexity index is 828. The van der Waals surface area contributed by atoms with Gasteiger partial charge in [0.2, 0.25) is 0 Å². The van der Waals surface area contributed by atoms with Gasteiger partial charge in [-0.25, -0.2) is 4.79 Å². The molecule has 0 aliphatic carbocycles. The van der Waals surface area contributed by atoms with E-state index in [1.165, 1.54) is 17.8 Å². The van der Waals surface area contributed by atoms with Crippen LogP contribution in [-0.4, -0.2) is 21.0 Å². The Balaban J connectivity index is 0.000000924. The van der Waals surface area contributed by atoms with Crippen molar-refractivity contribution >= 4 is 16.9 Å². The molecule has 0 saturated heterocycles. The zero-order valence-electron chi connectivity index (χ0n) is 13.6. The summed E-state index contributed by atoms with van der Waals surface area (Å²) >= 11 is 0. The number of benzene rings is 1. The first-order chi connectivity index (χ1) is 11.1. The largest absolute Gasteiger partial charge is 0.478 e. The van der Waals surface area contributed by atoms with Gasteiger partial charge in [0.1, 0.15) is 0 Å². The van der Waals surface area contributed by atoms with E-state index in [2.05, 4.69) is 22.1 Å². The highest BCUT2D eigenvalue weighted by atomic mass is 16.4. The number of aromatic carboxylic acids is 1. The van der Waals surface area contributed by atoms with Crippen molar-refractivity contribution in [3.63, 3.8) is 0 Å². The van der Waals surface area contributed by atoms with Gasteiger partial charge >= 0.3 is 5.97 Å². The summed E-state index contributed by atoms with van der Waals surface area (Å²) < 4.78 is 0. The maximum absolute atomic E-state index is 11.0. The minimum atomic E-state index is -0.939. The molecule has 1 N–H and O–H groups in total. The summed E-state index contributed by atoms with van der Waals surface area (Å²) in [6, 6.07) is 11.3. The van der Waals surface area contributed by atoms with Crippen molar-refractivity contribution in [1.82, 2.24) is 9.97 Å². The molecule has 4 nitrogen and oxygen atoms in total. The third-order valence-electron chi connectivity index (χ3n) is 3.34. The van der Waals surface area contributed by atoms with E-state index >= 15 is 0 Å². The van der Waals surface area contributed by atoms with Crippen LogP contribution < -0.4 is 0 Å². The van der Waals surface area contributed by atoms with Crippen LogP contribution in [0.25, 0.3) is 10.9 Å². The molecule has 0 fully saturated rings. The molecule has 2 aromatic heterocycles. The van der Waals surface area contributed by atoms with Gasteiger partial charge in [0.15, 0.2) is 0 Å². The minimum absolute atomic E-state index is 0.254. The van der Waals surface area contributed by atoms with Gasteiger partial charge in [-0.1, -0.05) is 25.5 Å². The van der Waals surface area contributed by atoms with Crippen molar-refractivity contribution in [3.05, 3.63) is 71.2 Å². The van der Waals surface area contributed by atoms with Gasteiger partial charge in [0.25, 0.3) is 0 Å². The number of aryl methyl sites for hydroxylation is 1. The van der Waals surface area contributed by atoms with Crippen LogP contribution in [0, 0.1) is 6.92 Å². The van der Waals surface area contributed by atoms with Crippen molar-refractivity contribution in [2.24, 2.45) is 0 Å². The summed E-state index contributed by atoms with van der Waals surface area (Å²) in [5.41, 5.74) is 4.14. The minimum Gasteiger partial charge on any atom is -0.478 e. The van der Waals surface area contributed by atoms with Crippen LogP contribution in [-0.2, 0) is 6.42 Å². The van der Waals surface area contributed by atoms with Crippen molar-refractivity contribution in [2.75, 3.05) is 0 Å². The quantitative estimate of drug-likeness (QED) is 0.785. The van der Waals surface area contributed by atoms with Crippen molar-refractivity contribution in [3.8, 4) is 0 Å². The van der Waals surface area contributed by atoms with E-state index in [0.29, 0.717) is 6.42 Å². The molecular weight excluding hydrogens is 288 g/mol. The second kappa shape index (κ2) is 7.49. The number of aromatic nitrogens is 2. The highest BCUT2D eigenvalue weighted by Crippen LogP contribution is 2.17. The predicted molar refractivity (Wildman–Crippen MR) is 91.8 cm³/mol. The molecule has 0 atom stereocenters. The number of carboxylic acid groups (broad SMARTS) is 1. The molecule has 1 aromatic carbocycles. The van der Waals surface area contributed by atoms with Crippen LogP contribution in [0.3, 0.4) is 0 Å². The van der Waals surface area contributed by atoms with E-state index in [4.69, 9.17) is 5.11 Å². The third kappa shape index (κ3) is 4.13. The number of hydrogen-bond donors (Lipinski definition) is 1. The predicted octanol–water partition coefficient (Wildman–Crippen LogP) is 4.25. The lowest BCUT2D eigenvalue weighted by Gasteiger charge is -2.05. The first-order valence-electron chi connectivity index (χ1n) is 7.65. The molecule has 0 aliphatic rings.